The summed E-state index contributed by atoms with van der Waals surface area (Å²) < 4.78 is 29.9. The van der Waals surface area contributed by atoms with Gasteiger partial charge in [0.25, 0.3) is 0 Å². The standard InChI is InChI=1S/C22H22Cl2F2N2/c1-21(2,3)10-19-22(12-27,15-8-7-13(23)9-18(15)25)16(11-28-19)14-5-4-6-17(24)20(14)26/h4-9,16,19,28H,10-11H2,1-3H3/t16-,19?,22-/m1/s1. The minimum absolute atomic E-state index is 0.0137. The molecule has 1 saturated heterocycles. The molecule has 1 fully saturated rings. The number of nitrogens with one attached hydrogen (secondary N) is 1. The summed E-state index contributed by atoms with van der Waals surface area (Å²) in [5, 5.41) is 14.0. The first-order valence-corrected chi connectivity index (χ1v) is 9.90. The maximum absolute atomic E-state index is 15.0. The third kappa shape index (κ3) is 3.64. The summed E-state index contributed by atoms with van der Waals surface area (Å²) in [6, 6.07) is 11.0. The average molecular weight is 423 g/mol. The van der Waals surface area contributed by atoms with Crippen molar-refractivity contribution in [1.29, 1.82) is 5.26 Å². The summed E-state index contributed by atoms with van der Waals surface area (Å²) >= 11 is 11.9. The van der Waals surface area contributed by atoms with E-state index in [4.69, 9.17) is 23.2 Å². The Labute approximate surface area is 174 Å². The smallest absolute Gasteiger partial charge is 0.145 e. The van der Waals surface area contributed by atoms with E-state index in [0.717, 1.165) is 0 Å². The number of rotatable bonds is 3. The number of halogens is 4. The average Bonchev–Trinajstić information content (AvgIpc) is 2.94. The molecule has 148 valence electrons. The highest BCUT2D eigenvalue weighted by Gasteiger charge is 2.55. The normalized spacial score (nSPS) is 24.9. The number of nitriles is 1. The van der Waals surface area contributed by atoms with Crippen LogP contribution in [0.25, 0.3) is 0 Å². The SMILES string of the molecule is CC(C)(C)CC1NC[C@H](c2cccc(Cl)c2F)[C@@]1(C#N)c1ccc(Cl)cc1F. The van der Waals surface area contributed by atoms with E-state index in [9.17, 15) is 9.65 Å². The Morgan fingerprint density at radius 1 is 1.21 bits per heavy atom. The molecule has 1 heterocycles. The maximum Gasteiger partial charge on any atom is 0.145 e. The molecule has 0 radical (unpaired) electrons. The minimum Gasteiger partial charge on any atom is -0.311 e. The van der Waals surface area contributed by atoms with Crippen LogP contribution in [0.2, 0.25) is 10.0 Å². The molecule has 3 rings (SSSR count). The van der Waals surface area contributed by atoms with E-state index >= 15 is 4.39 Å². The summed E-state index contributed by atoms with van der Waals surface area (Å²) in [5.41, 5.74) is -0.881. The topological polar surface area (TPSA) is 35.8 Å². The van der Waals surface area contributed by atoms with Crippen LogP contribution in [-0.4, -0.2) is 12.6 Å². The zero-order valence-electron chi connectivity index (χ0n) is 16.0. The van der Waals surface area contributed by atoms with Gasteiger partial charge in [-0.2, -0.15) is 5.26 Å². The van der Waals surface area contributed by atoms with Gasteiger partial charge in [0, 0.05) is 29.1 Å². The molecule has 0 saturated carbocycles. The van der Waals surface area contributed by atoms with Crippen molar-refractivity contribution in [3.63, 3.8) is 0 Å². The Kier molecular flexibility index (Phi) is 5.74. The summed E-state index contributed by atoms with van der Waals surface area (Å²) in [6.07, 6.45) is 0.612. The molecule has 6 heteroatoms. The number of nitrogens with zero attached hydrogens (tertiary/aromatic N) is 1. The van der Waals surface area contributed by atoms with Gasteiger partial charge >= 0.3 is 0 Å². The van der Waals surface area contributed by atoms with Crippen molar-refractivity contribution < 1.29 is 8.78 Å². The fourth-order valence-electron chi connectivity index (χ4n) is 4.23. The molecule has 2 aromatic rings. The van der Waals surface area contributed by atoms with Crippen LogP contribution in [-0.2, 0) is 5.41 Å². The van der Waals surface area contributed by atoms with Crippen LogP contribution < -0.4 is 5.32 Å². The van der Waals surface area contributed by atoms with E-state index in [2.05, 4.69) is 32.2 Å². The lowest BCUT2D eigenvalue weighted by Gasteiger charge is -2.37. The molecule has 0 spiro atoms. The molecule has 1 N–H and O–H groups in total. The van der Waals surface area contributed by atoms with E-state index in [1.54, 1.807) is 24.3 Å². The maximum atomic E-state index is 15.0. The monoisotopic (exact) mass is 422 g/mol. The van der Waals surface area contributed by atoms with E-state index in [1.807, 2.05) is 0 Å². The second kappa shape index (κ2) is 7.63. The van der Waals surface area contributed by atoms with Crippen molar-refractivity contribution in [2.24, 2.45) is 5.41 Å². The van der Waals surface area contributed by atoms with E-state index in [0.29, 0.717) is 18.5 Å². The predicted molar refractivity (Wildman–Crippen MR) is 109 cm³/mol. The van der Waals surface area contributed by atoms with Crippen LogP contribution in [0.5, 0.6) is 0 Å². The van der Waals surface area contributed by atoms with Crippen LogP contribution in [0.1, 0.15) is 44.2 Å². The summed E-state index contributed by atoms with van der Waals surface area (Å²) in [7, 11) is 0. The molecule has 28 heavy (non-hydrogen) atoms. The highest BCUT2D eigenvalue weighted by Crippen LogP contribution is 2.50. The minimum atomic E-state index is -1.30. The molecule has 0 aliphatic carbocycles. The van der Waals surface area contributed by atoms with Gasteiger partial charge in [0.05, 0.1) is 11.1 Å². The second-order valence-corrected chi connectivity index (χ2v) is 9.37. The fraction of sp³-hybridized carbons (Fsp3) is 0.409. The van der Waals surface area contributed by atoms with E-state index in [1.165, 1.54) is 12.1 Å². The Bertz CT molecular complexity index is 933. The predicted octanol–water partition coefficient (Wildman–Crippen LogP) is 6.22. The van der Waals surface area contributed by atoms with Gasteiger partial charge in [-0.15, -0.1) is 0 Å². The van der Waals surface area contributed by atoms with Gasteiger partial charge in [-0.3, -0.25) is 0 Å². The third-order valence-electron chi connectivity index (χ3n) is 5.40. The van der Waals surface area contributed by atoms with E-state index < -0.39 is 23.0 Å². The van der Waals surface area contributed by atoms with Gasteiger partial charge in [0.15, 0.2) is 0 Å². The largest absolute Gasteiger partial charge is 0.311 e. The summed E-state index contributed by atoms with van der Waals surface area (Å²) in [6.45, 7) is 6.51. The molecule has 1 aliphatic heterocycles. The van der Waals surface area contributed by atoms with Crippen molar-refractivity contribution in [2.45, 2.75) is 44.6 Å². The number of hydrogen-bond acceptors (Lipinski definition) is 2. The van der Waals surface area contributed by atoms with Gasteiger partial charge in [-0.25, -0.2) is 8.78 Å². The Hall–Kier alpha value is -1.67. The van der Waals surface area contributed by atoms with Crippen LogP contribution in [0.15, 0.2) is 36.4 Å². The van der Waals surface area contributed by atoms with Crippen LogP contribution >= 0.6 is 23.2 Å². The van der Waals surface area contributed by atoms with Crippen molar-refractivity contribution in [1.82, 2.24) is 5.32 Å². The van der Waals surface area contributed by atoms with Crippen LogP contribution in [0.4, 0.5) is 8.78 Å². The molecular weight excluding hydrogens is 401 g/mol. The second-order valence-electron chi connectivity index (χ2n) is 8.53. The first-order chi connectivity index (χ1) is 13.1. The van der Waals surface area contributed by atoms with Crippen molar-refractivity contribution >= 4 is 23.2 Å². The first-order valence-electron chi connectivity index (χ1n) is 9.14. The zero-order valence-corrected chi connectivity index (χ0v) is 17.5. The van der Waals surface area contributed by atoms with Gasteiger partial charge in [-0.05, 0) is 35.6 Å². The molecular formula is C22H22Cl2F2N2. The van der Waals surface area contributed by atoms with Gasteiger partial charge in [-0.1, -0.05) is 62.2 Å². The Morgan fingerprint density at radius 3 is 2.54 bits per heavy atom. The molecule has 2 aromatic carbocycles. The van der Waals surface area contributed by atoms with E-state index in [-0.39, 0.29) is 27.1 Å². The molecule has 1 aliphatic rings. The van der Waals surface area contributed by atoms with Crippen molar-refractivity contribution in [2.75, 3.05) is 6.54 Å². The van der Waals surface area contributed by atoms with Gasteiger partial charge in [0.1, 0.15) is 17.0 Å². The molecule has 0 bridgehead atoms. The lowest BCUT2D eigenvalue weighted by molar-refractivity contribution is 0.278. The third-order valence-corrected chi connectivity index (χ3v) is 5.93. The fourth-order valence-corrected chi connectivity index (χ4v) is 4.57. The highest BCUT2D eigenvalue weighted by atomic mass is 35.5. The van der Waals surface area contributed by atoms with Crippen LogP contribution in [0.3, 0.4) is 0 Å². The molecule has 1 unspecified atom stereocenters. The first kappa shape index (κ1) is 21.0. The molecule has 2 nitrogen and oxygen atoms in total. The van der Waals surface area contributed by atoms with Gasteiger partial charge in [0.2, 0.25) is 0 Å². The van der Waals surface area contributed by atoms with Gasteiger partial charge < -0.3 is 5.32 Å². The Balaban J connectivity index is 2.25. The molecule has 0 aromatic heterocycles. The summed E-state index contributed by atoms with van der Waals surface area (Å²) in [4.78, 5) is 0. The lowest BCUT2D eigenvalue weighted by Crippen LogP contribution is -2.44. The van der Waals surface area contributed by atoms with Crippen molar-refractivity contribution in [3.8, 4) is 6.07 Å². The molecule has 0 amide bonds. The van der Waals surface area contributed by atoms with Crippen molar-refractivity contribution in [3.05, 3.63) is 69.2 Å². The lowest BCUT2D eigenvalue weighted by atomic mass is 9.64. The highest BCUT2D eigenvalue weighted by molar-refractivity contribution is 6.31. The summed E-state index contributed by atoms with van der Waals surface area (Å²) in [5.74, 6) is -1.73. The molecule has 3 atom stereocenters. The zero-order chi connectivity index (χ0) is 20.7. The Morgan fingerprint density at radius 2 is 1.93 bits per heavy atom. The number of benzene rings is 2. The quantitative estimate of drug-likeness (QED) is 0.636. The number of hydrogen-bond donors (Lipinski definition) is 1. The van der Waals surface area contributed by atoms with Crippen LogP contribution in [0, 0.1) is 28.4 Å².